The van der Waals surface area contributed by atoms with Crippen molar-refractivity contribution in [1.29, 1.82) is 0 Å². The lowest BCUT2D eigenvalue weighted by Crippen LogP contribution is -2.36. The number of amides is 1. The van der Waals surface area contributed by atoms with Crippen molar-refractivity contribution >= 4 is 11.9 Å². The van der Waals surface area contributed by atoms with E-state index in [4.69, 9.17) is 5.11 Å². The van der Waals surface area contributed by atoms with Crippen LogP contribution in [0.5, 0.6) is 5.88 Å². The molecule has 0 fully saturated rings. The number of carbonyl (C=O) groups is 2. The number of hydrogen-bond donors (Lipinski definition) is 3. The van der Waals surface area contributed by atoms with Crippen LogP contribution in [0, 0.1) is 13.8 Å². The summed E-state index contributed by atoms with van der Waals surface area (Å²) in [5.41, 5.74) is 2.65. The molecule has 2 aromatic rings. The quantitative estimate of drug-likeness (QED) is 0.715. The highest BCUT2D eigenvalue weighted by atomic mass is 16.4. The number of aryl methyl sites for hydroxylation is 2. The molecule has 0 spiro atoms. The molecule has 1 unspecified atom stereocenters. The van der Waals surface area contributed by atoms with E-state index in [1.54, 1.807) is 0 Å². The monoisotopic (exact) mass is 345 g/mol. The predicted octanol–water partition coefficient (Wildman–Crippen LogP) is 2.57. The average Bonchev–Trinajstić information content (AvgIpc) is 2.91. The van der Waals surface area contributed by atoms with Gasteiger partial charge < -0.3 is 15.5 Å². The van der Waals surface area contributed by atoms with E-state index >= 15 is 0 Å². The van der Waals surface area contributed by atoms with Crippen LogP contribution in [0.3, 0.4) is 0 Å². The van der Waals surface area contributed by atoms with Crippen LogP contribution < -0.4 is 5.32 Å². The number of carboxylic acid groups (broad SMARTS) is 1. The summed E-state index contributed by atoms with van der Waals surface area (Å²) in [6, 6.07) is 6.54. The molecule has 0 aliphatic rings. The van der Waals surface area contributed by atoms with E-state index in [0.717, 1.165) is 17.5 Å². The highest BCUT2D eigenvalue weighted by Gasteiger charge is 2.20. The number of carbonyl (C=O) groups excluding carboxylic acids is 1. The number of aromatic hydroxyl groups is 1. The van der Waals surface area contributed by atoms with Gasteiger partial charge in [-0.25, -0.2) is 4.68 Å². The lowest BCUT2D eigenvalue weighted by molar-refractivity contribution is -0.137. The van der Waals surface area contributed by atoms with E-state index in [1.165, 1.54) is 10.7 Å². The van der Waals surface area contributed by atoms with Crippen molar-refractivity contribution in [2.24, 2.45) is 0 Å². The average molecular weight is 345 g/mol. The molecule has 1 atom stereocenters. The fourth-order valence-electron chi connectivity index (χ4n) is 2.65. The first-order valence-electron chi connectivity index (χ1n) is 8.21. The molecule has 1 amide bonds. The van der Waals surface area contributed by atoms with Gasteiger partial charge in [0.05, 0.1) is 12.1 Å². The van der Waals surface area contributed by atoms with E-state index in [0.29, 0.717) is 12.1 Å². The number of aromatic nitrogens is 2. The minimum atomic E-state index is -0.970. The summed E-state index contributed by atoms with van der Waals surface area (Å²) in [5.74, 6) is -1.62. The fourth-order valence-corrected chi connectivity index (χ4v) is 2.65. The third-order valence-electron chi connectivity index (χ3n) is 3.91. The van der Waals surface area contributed by atoms with Crippen molar-refractivity contribution in [3.8, 4) is 11.6 Å². The van der Waals surface area contributed by atoms with Crippen LogP contribution in [0.1, 0.15) is 47.8 Å². The molecule has 0 bridgehead atoms. The van der Waals surface area contributed by atoms with Crippen LogP contribution in [0.2, 0.25) is 0 Å². The molecule has 0 aliphatic heterocycles. The number of nitrogens with one attached hydrogen (secondary N) is 1. The molecule has 1 aromatic heterocycles. The molecule has 25 heavy (non-hydrogen) atoms. The first kappa shape index (κ1) is 18.5. The largest absolute Gasteiger partial charge is 0.493 e. The van der Waals surface area contributed by atoms with Gasteiger partial charge in [0.1, 0.15) is 0 Å². The third-order valence-corrected chi connectivity index (χ3v) is 3.91. The van der Waals surface area contributed by atoms with Gasteiger partial charge in [0.15, 0.2) is 5.69 Å². The molecule has 7 nitrogen and oxygen atoms in total. The summed E-state index contributed by atoms with van der Waals surface area (Å²) in [5, 5.41) is 26.0. The van der Waals surface area contributed by atoms with Crippen LogP contribution in [-0.2, 0) is 4.79 Å². The predicted molar refractivity (Wildman–Crippen MR) is 93.1 cm³/mol. The lowest BCUT2D eigenvalue weighted by Gasteiger charge is -2.15. The van der Waals surface area contributed by atoms with Gasteiger partial charge in [-0.15, -0.1) is 0 Å². The smallest absolute Gasteiger partial charge is 0.305 e. The number of benzene rings is 1. The van der Waals surface area contributed by atoms with E-state index in [-0.39, 0.29) is 18.0 Å². The topological polar surface area (TPSA) is 104 Å². The van der Waals surface area contributed by atoms with E-state index < -0.39 is 17.9 Å². The van der Waals surface area contributed by atoms with Crippen LogP contribution in [0.15, 0.2) is 24.3 Å². The summed E-state index contributed by atoms with van der Waals surface area (Å²) in [6.07, 6.45) is 1.16. The SMILES string of the molecule is CCCC(CC(=O)O)NC(=O)c1cc(O)n(-c2cc(C)ccc2C)n1. The zero-order valence-electron chi connectivity index (χ0n) is 14.6. The Kier molecular flexibility index (Phi) is 5.80. The molecule has 1 heterocycles. The molecule has 0 saturated heterocycles. The Morgan fingerprint density at radius 2 is 2.00 bits per heavy atom. The standard InChI is InChI=1S/C18H23N3O4/c1-4-5-13(9-17(23)24)19-18(25)14-10-16(22)21(20-14)15-8-11(2)6-7-12(15)3/h6-8,10,13,22H,4-5,9H2,1-3H3,(H,19,25)(H,23,24). The number of carboxylic acids is 1. The number of nitrogens with zero attached hydrogens (tertiary/aromatic N) is 2. The van der Waals surface area contributed by atoms with Gasteiger partial charge in [-0.05, 0) is 37.5 Å². The molecular weight excluding hydrogens is 322 g/mol. The van der Waals surface area contributed by atoms with E-state index in [2.05, 4.69) is 10.4 Å². The van der Waals surface area contributed by atoms with Crippen molar-refractivity contribution in [3.63, 3.8) is 0 Å². The van der Waals surface area contributed by atoms with Crippen molar-refractivity contribution < 1.29 is 19.8 Å². The molecule has 0 saturated carbocycles. The van der Waals surface area contributed by atoms with Crippen molar-refractivity contribution in [1.82, 2.24) is 15.1 Å². The minimum absolute atomic E-state index is 0.0462. The Morgan fingerprint density at radius 1 is 1.28 bits per heavy atom. The van der Waals surface area contributed by atoms with Gasteiger partial charge in [-0.3, -0.25) is 9.59 Å². The summed E-state index contributed by atoms with van der Waals surface area (Å²) >= 11 is 0. The van der Waals surface area contributed by atoms with Crippen LogP contribution in [0.25, 0.3) is 5.69 Å². The first-order chi connectivity index (χ1) is 11.8. The maximum Gasteiger partial charge on any atom is 0.305 e. The highest BCUT2D eigenvalue weighted by Crippen LogP contribution is 2.22. The molecular formula is C18H23N3O4. The third kappa shape index (κ3) is 4.59. The van der Waals surface area contributed by atoms with Gasteiger partial charge in [0.2, 0.25) is 5.88 Å². The Labute approximate surface area is 146 Å². The Balaban J connectivity index is 2.25. The summed E-state index contributed by atoms with van der Waals surface area (Å²) in [4.78, 5) is 23.3. The maximum atomic E-state index is 12.4. The van der Waals surface area contributed by atoms with Crippen molar-refractivity contribution in [3.05, 3.63) is 41.1 Å². The van der Waals surface area contributed by atoms with Gasteiger partial charge >= 0.3 is 5.97 Å². The van der Waals surface area contributed by atoms with Gasteiger partial charge in [0, 0.05) is 12.1 Å². The summed E-state index contributed by atoms with van der Waals surface area (Å²) in [7, 11) is 0. The molecule has 0 aliphatic carbocycles. The molecule has 2 rings (SSSR count). The second-order valence-electron chi connectivity index (χ2n) is 6.15. The lowest BCUT2D eigenvalue weighted by atomic mass is 10.1. The Bertz CT molecular complexity index is 783. The molecule has 1 aromatic carbocycles. The molecule has 0 radical (unpaired) electrons. The number of hydrogen-bond acceptors (Lipinski definition) is 4. The number of aliphatic carboxylic acids is 1. The Hall–Kier alpha value is -2.83. The fraction of sp³-hybridized carbons (Fsp3) is 0.389. The van der Waals surface area contributed by atoms with Crippen molar-refractivity contribution in [2.45, 2.75) is 46.1 Å². The Morgan fingerprint density at radius 3 is 2.64 bits per heavy atom. The minimum Gasteiger partial charge on any atom is -0.493 e. The van der Waals surface area contributed by atoms with Crippen molar-refractivity contribution in [2.75, 3.05) is 0 Å². The summed E-state index contributed by atoms with van der Waals surface area (Å²) in [6.45, 7) is 5.74. The second-order valence-corrected chi connectivity index (χ2v) is 6.15. The molecule has 3 N–H and O–H groups in total. The molecule has 7 heteroatoms. The van der Waals surface area contributed by atoms with Crippen LogP contribution >= 0.6 is 0 Å². The highest BCUT2D eigenvalue weighted by molar-refractivity contribution is 5.93. The van der Waals surface area contributed by atoms with Gasteiger partial charge in [-0.1, -0.05) is 25.5 Å². The summed E-state index contributed by atoms with van der Waals surface area (Å²) < 4.78 is 1.31. The first-order valence-corrected chi connectivity index (χ1v) is 8.21. The maximum absolute atomic E-state index is 12.4. The normalized spacial score (nSPS) is 12.0. The second kappa shape index (κ2) is 7.83. The zero-order valence-corrected chi connectivity index (χ0v) is 14.6. The van der Waals surface area contributed by atoms with Crippen LogP contribution in [-0.4, -0.2) is 37.9 Å². The van der Waals surface area contributed by atoms with Crippen LogP contribution in [0.4, 0.5) is 0 Å². The van der Waals surface area contributed by atoms with E-state index in [9.17, 15) is 14.7 Å². The van der Waals surface area contributed by atoms with E-state index in [1.807, 2.05) is 39.0 Å². The zero-order chi connectivity index (χ0) is 18.6. The molecule has 134 valence electrons. The number of rotatable bonds is 7. The van der Waals surface area contributed by atoms with Gasteiger partial charge in [0.25, 0.3) is 5.91 Å². The van der Waals surface area contributed by atoms with Gasteiger partial charge in [-0.2, -0.15) is 5.10 Å².